The number of phenols is 1. The fourth-order valence-corrected chi connectivity index (χ4v) is 3.02. The normalized spacial score (nSPS) is 10.7. The van der Waals surface area contributed by atoms with Gasteiger partial charge in [0.25, 0.3) is 11.1 Å². The molecule has 0 aliphatic heterocycles. The average molecular weight is 363 g/mol. The quantitative estimate of drug-likeness (QED) is 0.642. The Bertz CT molecular complexity index is 848. The van der Waals surface area contributed by atoms with Gasteiger partial charge in [0, 0.05) is 0 Å². The van der Waals surface area contributed by atoms with E-state index in [4.69, 9.17) is 4.42 Å². The predicted octanol–water partition coefficient (Wildman–Crippen LogP) is 2.59. The molecule has 2 N–H and O–H groups in total. The van der Waals surface area contributed by atoms with Crippen LogP contribution in [-0.4, -0.2) is 37.2 Å². The lowest BCUT2D eigenvalue weighted by atomic mass is 10.2. The Balaban J connectivity index is 1.57. The molecule has 3 aromatic rings. The number of carbonyl (C=O) groups excluding carboxylic acids is 1. The zero-order valence-electron chi connectivity index (χ0n) is 12.6. The van der Waals surface area contributed by atoms with Gasteiger partial charge in [0.2, 0.25) is 11.0 Å². The van der Waals surface area contributed by atoms with Gasteiger partial charge in [0.1, 0.15) is 10.8 Å². The zero-order chi connectivity index (χ0) is 16.9. The SMILES string of the molecule is CCc1nnc(NC(=O)CSc2nnc(-c3ccccc3O)o2)s1. The Morgan fingerprint density at radius 2 is 2.12 bits per heavy atom. The van der Waals surface area contributed by atoms with Gasteiger partial charge in [0.15, 0.2) is 0 Å². The van der Waals surface area contributed by atoms with Gasteiger partial charge in [0.05, 0.1) is 11.3 Å². The van der Waals surface area contributed by atoms with Crippen molar-refractivity contribution in [3.8, 4) is 17.2 Å². The molecule has 3 rings (SSSR count). The number of rotatable bonds is 6. The second-order valence-electron chi connectivity index (χ2n) is 4.58. The molecule has 0 fully saturated rings. The van der Waals surface area contributed by atoms with E-state index in [1.54, 1.807) is 18.2 Å². The first-order valence-corrected chi connectivity index (χ1v) is 8.83. The van der Waals surface area contributed by atoms with E-state index in [0.29, 0.717) is 10.7 Å². The summed E-state index contributed by atoms with van der Waals surface area (Å²) in [5, 5.41) is 29.6. The van der Waals surface area contributed by atoms with E-state index in [2.05, 4.69) is 25.7 Å². The lowest BCUT2D eigenvalue weighted by Crippen LogP contribution is -2.13. The van der Waals surface area contributed by atoms with Crippen LogP contribution in [0.5, 0.6) is 5.75 Å². The summed E-state index contributed by atoms with van der Waals surface area (Å²) in [5.74, 6) is 0.121. The maximum atomic E-state index is 11.9. The van der Waals surface area contributed by atoms with Crippen molar-refractivity contribution in [2.45, 2.75) is 18.6 Å². The number of amides is 1. The Morgan fingerprint density at radius 1 is 1.29 bits per heavy atom. The first kappa shape index (κ1) is 16.4. The number of anilines is 1. The molecule has 1 aromatic carbocycles. The molecule has 0 saturated carbocycles. The van der Waals surface area contributed by atoms with E-state index in [1.165, 1.54) is 17.4 Å². The first-order valence-electron chi connectivity index (χ1n) is 7.02. The van der Waals surface area contributed by atoms with Crippen molar-refractivity contribution in [1.29, 1.82) is 0 Å². The van der Waals surface area contributed by atoms with Gasteiger partial charge in [-0.25, -0.2) is 0 Å². The van der Waals surface area contributed by atoms with Crippen molar-refractivity contribution >= 4 is 34.1 Å². The highest BCUT2D eigenvalue weighted by molar-refractivity contribution is 7.99. The molecule has 8 nitrogen and oxygen atoms in total. The molecule has 0 saturated heterocycles. The number of hydrogen-bond acceptors (Lipinski definition) is 9. The minimum atomic E-state index is -0.235. The summed E-state index contributed by atoms with van der Waals surface area (Å²) in [6, 6.07) is 6.66. The molecule has 0 radical (unpaired) electrons. The Kier molecular flexibility index (Phi) is 5.06. The summed E-state index contributed by atoms with van der Waals surface area (Å²) in [4.78, 5) is 11.9. The third-order valence-corrected chi connectivity index (χ3v) is 4.68. The van der Waals surface area contributed by atoms with Gasteiger partial charge in [-0.1, -0.05) is 42.2 Å². The predicted molar refractivity (Wildman–Crippen MR) is 90.0 cm³/mol. The molecule has 0 bridgehead atoms. The van der Waals surface area contributed by atoms with Gasteiger partial charge in [-0.2, -0.15) is 0 Å². The van der Waals surface area contributed by atoms with Crippen molar-refractivity contribution in [2.24, 2.45) is 0 Å². The second-order valence-corrected chi connectivity index (χ2v) is 6.57. The summed E-state index contributed by atoms with van der Waals surface area (Å²) in [6.07, 6.45) is 0.777. The minimum absolute atomic E-state index is 0.0541. The number of nitrogens with zero attached hydrogens (tertiary/aromatic N) is 4. The van der Waals surface area contributed by atoms with Gasteiger partial charge < -0.3 is 9.52 Å². The van der Waals surface area contributed by atoms with E-state index in [1.807, 2.05) is 6.92 Å². The van der Waals surface area contributed by atoms with Crippen LogP contribution in [0.1, 0.15) is 11.9 Å². The molecule has 124 valence electrons. The highest BCUT2D eigenvalue weighted by atomic mass is 32.2. The number of aromatic nitrogens is 4. The van der Waals surface area contributed by atoms with Gasteiger partial charge >= 0.3 is 0 Å². The standard InChI is InChI=1S/C14H13N5O3S2/c1-2-11-16-18-13(24-11)15-10(21)7-23-14-19-17-12(22-14)8-5-3-4-6-9(8)20/h3-6,20H,2,7H2,1H3,(H,15,18,21). The maximum absolute atomic E-state index is 11.9. The van der Waals surface area contributed by atoms with Crippen LogP contribution in [-0.2, 0) is 11.2 Å². The summed E-state index contributed by atoms with van der Waals surface area (Å²) in [6.45, 7) is 1.97. The van der Waals surface area contributed by atoms with Crippen LogP contribution in [0.4, 0.5) is 5.13 Å². The maximum Gasteiger partial charge on any atom is 0.277 e. The number of carbonyl (C=O) groups is 1. The van der Waals surface area contributed by atoms with Crippen LogP contribution >= 0.6 is 23.1 Å². The third-order valence-electron chi connectivity index (χ3n) is 2.88. The molecular weight excluding hydrogens is 350 g/mol. The summed E-state index contributed by atoms with van der Waals surface area (Å²) in [7, 11) is 0. The lowest BCUT2D eigenvalue weighted by molar-refractivity contribution is -0.113. The van der Waals surface area contributed by atoms with Gasteiger partial charge in [-0.3, -0.25) is 10.1 Å². The molecule has 2 heterocycles. The van der Waals surface area contributed by atoms with Crippen LogP contribution in [0, 0.1) is 0 Å². The molecule has 0 unspecified atom stereocenters. The molecule has 1 amide bonds. The average Bonchev–Trinajstić information content (AvgIpc) is 3.22. The summed E-state index contributed by atoms with van der Waals surface area (Å²) < 4.78 is 5.45. The monoisotopic (exact) mass is 363 g/mol. The summed E-state index contributed by atoms with van der Waals surface area (Å²) >= 11 is 2.45. The molecular formula is C14H13N5O3S2. The molecule has 24 heavy (non-hydrogen) atoms. The zero-order valence-corrected chi connectivity index (χ0v) is 14.2. The third kappa shape index (κ3) is 3.89. The van der Waals surface area contributed by atoms with Crippen LogP contribution < -0.4 is 5.32 Å². The van der Waals surface area contributed by atoms with Crippen molar-refractivity contribution in [3.63, 3.8) is 0 Å². The number of benzene rings is 1. The Morgan fingerprint density at radius 3 is 2.88 bits per heavy atom. The van der Waals surface area contributed by atoms with E-state index < -0.39 is 0 Å². The Hall–Kier alpha value is -2.46. The second kappa shape index (κ2) is 7.41. The van der Waals surface area contributed by atoms with E-state index >= 15 is 0 Å². The molecule has 0 spiro atoms. The van der Waals surface area contributed by atoms with Gasteiger partial charge in [-0.15, -0.1) is 20.4 Å². The molecule has 0 atom stereocenters. The van der Waals surface area contributed by atoms with Crippen molar-refractivity contribution in [3.05, 3.63) is 29.3 Å². The molecule has 0 aliphatic carbocycles. The smallest absolute Gasteiger partial charge is 0.277 e. The van der Waals surface area contributed by atoms with Crippen molar-refractivity contribution < 1.29 is 14.3 Å². The number of para-hydroxylation sites is 1. The van der Waals surface area contributed by atoms with E-state index in [-0.39, 0.29) is 28.5 Å². The summed E-state index contributed by atoms with van der Waals surface area (Å²) in [5.41, 5.74) is 0.447. The largest absolute Gasteiger partial charge is 0.507 e. The van der Waals surface area contributed by atoms with E-state index in [0.717, 1.165) is 23.2 Å². The Labute approximate surface area is 145 Å². The fraction of sp³-hybridized carbons (Fsp3) is 0.214. The molecule has 2 aromatic heterocycles. The fourth-order valence-electron chi connectivity index (χ4n) is 1.76. The molecule has 0 aliphatic rings. The number of phenolic OH excluding ortho intramolecular Hbond substituents is 1. The van der Waals surface area contributed by atoms with Crippen molar-refractivity contribution in [1.82, 2.24) is 20.4 Å². The van der Waals surface area contributed by atoms with Crippen LogP contribution in [0.15, 0.2) is 33.9 Å². The van der Waals surface area contributed by atoms with Crippen molar-refractivity contribution in [2.75, 3.05) is 11.1 Å². The number of hydrogen-bond donors (Lipinski definition) is 2. The number of nitrogens with one attached hydrogen (secondary N) is 1. The molecule has 10 heteroatoms. The number of aryl methyl sites for hydroxylation is 1. The van der Waals surface area contributed by atoms with Crippen LogP contribution in [0.3, 0.4) is 0 Å². The highest BCUT2D eigenvalue weighted by Gasteiger charge is 2.14. The number of thioether (sulfide) groups is 1. The highest BCUT2D eigenvalue weighted by Crippen LogP contribution is 2.29. The van der Waals surface area contributed by atoms with E-state index in [9.17, 15) is 9.90 Å². The minimum Gasteiger partial charge on any atom is -0.507 e. The number of aromatic hydroxyl groups is 1. The van der Waals surface area contributed by atoms with Gasteiger partial charge in [-0.05, 0) is 18.6 Å². The first-order chi connectivity index (χ1) is 11.7. The van der Waals surface area contributed by atoms with Crippen LogP contribution in [0.2, 0.25) is 0 Å². The lowest BCUT2D eigenvalue weighted by Gasteiger charge is -1.98. The topological polar surface area (TPSA) is 114 Å². The van der Waals surface area contributed by atoms with Crippen LogP contribution in [0.25, 0.3) is 11.5 Å².